The van der Waals surface area contributed by atoms with Gasteiger partial charge in [-0.3, -0.25) is 4.79 Å². The van der Waals surface area contributed by atoms with E-state index in [0.29, 0.717) is 13.0 Å². The highest BCUT2D eigenvalue weighted by atomic mass is 16.5. The molecule has 0 fully saturated rings. The largest absolute Gasteiger partial charge is 0.393 e. The molecule has 1 amide bonds. The van der Waals surface area contributed by atoms with E-state index < -0.39 is 12.0 Å². The standard InChI is InChI=1S/C15H31NO3/c1-2-3-4-5-6-7-8-11-19-12-9-10-14(17)13-15(16)18/h14,17H,2-13H2,1H3,(H2,16,18)/t14-/m0/s1. The molecular formula is C15H31NO3. The first-order chi connectivity index (χ1) is 9.16. The summed E-state index contributed by atoms with van der Waals surface area (Å²) in [5, 5.41) is 9.41. The Morgan fingerprint density at radius 2 is 1.63 bits per heavy atom. The highest BCUT2D eigenvalue weighted by Gasteiger charge is 2.06. The number of hydrogen-bond donors (Lipinski definition) is 2. The van der Waals surface area contributed by atoms with E-state index in [0.717, 1.165) is 19.4 Å². The summed E-state index contributed by atoms with van der Waals surface area (Å²) in [6, 6.07) is 0. The third kappa shape index (κ3) is 15.3. The molecule has 19 heavy (non-hydrogen) atoms. The summed E-state index contributed by atoms with van der Waals surface area (Å²) < 4.78 is 5.49. The number of hydrogen-bond acceptors (Lipinski definition) is 3. The van der Waals surface area contributed by atoms with Crippen molar-refractivity contribution in [3.8, 4) is 0 Å². The maximum Gasteiger partial charge on any atom is 0.220 e. The molecule has 0 radical (unpaired) electrons. The SMILES string of the molecule is CCCCCCCCCOCCC[C@H](O)CC(N)=O. The lowest BCUT2D eigenvalue weighted by Gasteiger charge is -2.08. The normalized spacial score (nSPS) is 12.5. The Kier molecular flexibility index (Phi) is 13.4. The maximum absolute atomic E-state index is 10.5. The summed E-state index contributed by atoms with van der Waals surface area (Å²) in [5.74, 6) is -0.448. The zero-order valence-electron chi connectivity index (χ0n) is 12.4. The first-order valence-electron chi connectivity index (χ1n) is 7.71. The molecular weight excluding hydrogens is 242 g/mol. The summed E-state index contributed by atoms with van der Waals surface area (Å²) >= 11 is 0. The van der Waals surface area contributed by atoms with Crippen molar-refractivity contribution in [2.75, 3.05) is 13.2 Å². The number of amides is 1. The Morgan fingerprint density at radius 1 is 1.05 bits per heavy atom. The number of rotatable bonds is 14. The minimum atomic E-state index is -0.611. The predicted molar refractivity (Wildman–Crippen MR) is 77.9 cm³/mol. The molecule has 0 aromatic rings. The van der Waals surface area contributed by atoms with E-state index in [1.807, 2.05) is 0 Å². The Hall–Kier alpha value is -0.610. The Morgan fingerprint density at radius 3 is 2.26 bits per heavy atom. The van der Waals surface area contributed by atoms with Gasteiger partial charge in [0.15, 0.2) is 0 Å². The van der Waals surface area contributed by atoms with E-state index in [-0.39, 0.29) is 6.42 Å². The van der Waals surface area contributed by atoms with E-state index in [1.165, 1.54) is 38.5 Å². The number of nitrogens with two attached hydrogens (primary N) is 1. The van der Waals surface area contributed by atoms with Crippen LogP contribution in [-0.2, 0) is 9.53 Å². The quantitative estimate of drug-likeness (QED) is 0.478. The zero-order valence-corrected chi connectivity index (χ0v) is 12.4. The van der Waals surface area contributed by atoms with Crippen LogP contribution in [0.15, 0.2) is 0 Å². The molecule has 0 unspecified atom stereocenters. The second-order valence-corrected chi connectivity index (χ2v) is 5.20. The maximum atomic E-state index is 10.5. The second-order valence-electron chi connectivity index (χ2n) is 5.20. The lowest BCUT2D eigenvalue weighted by molar-refractivity contribution is -0.120. The molecule has 4 heteroatoms. The molecule has 0 rings (SSSR count). The number of carbonyl (C=O) groups excluding carboxylic acids is 1. The van der Waals surface area contributed by atoms with Gasteiger partial charge in [-0.2, -0.15) is 0 Å². The van der Waals surface area contributed by atoms with Crippen molar-refractivity contribution < 1.29 is 14.6 Å². The Bertz CT molecular complexity index is 210. The summed E-state index contributed by atoms with van der Waals surface area (Å²) in [6.07, 6.45) is 9.82. The smallest absolute Gasteiger partial charge is 0.220 e. The van der Waals surface area contributed by atoms with Crippen LogP contribution in [0.5, 0.6) is 0 Å². The summed E-state index contributed by atoms with van der Waals surface area (Å²) in [4.78, 5) is 10.5. The fourth-order valence-electron chi connectivity index (χ4n) is 2.02. The van der Waals surface area contributed by atoms with Gasteiger partial charge in [0.1, 0.15) is 0 Å². The predicted octanol–water partition coefficient (Wildman–Crippen LogP) is 2.77. The number of unbranched alkanes of at least 4 members (excludes halogenated alkanes) is 6. The third-order valence-electron chi connectivity index (χ3n) is 3.16. The molecule has 0 bridgehead atoms. The van der Waals surface area contributed by atoms with Crippen molar-refractivity contribution in [3.63, 3.8) is 0 Å². The van der Waals surface area contributed by atoms with Crippen LogP contribution in [0.25, 0.3) is 0 Å². The van der Waals surface area contributed by atoms with Gasteiger partial charge in [-0.25, -0.2) is 0 Å². The number of primary amides is 1. The fraction of sp³-hybridized carbons (Fsp3) is 0.933. The first-order valence-corrected chi connectivity index (χ1v) is 7.71. The van der Waals surface area contributed by atoms with Crippen LogP contribution in [0, 0.1) is 0 Å². The fourth-order valence-corrected chi connectivity index (χ4v) is 2.02. The molecule has 0 aromatic carbocycles. The minimum absolute atomic E-state index is 0.0533. The van der Waals surface area contributed by atoms with Gasteiger partial charge >= 0.3 is 0 Å². The van der Waals surface area contributed by atoms with E-state index in [1.54, 1.807) is 0 Å². The van der Waals surface area contributed by atoms with Crippen molar-refractivity contribution in [2.45, 2.75) is 77.2 Å². The van der Waals surface area contributed by atoms with E-state index in [4.69, 9.17) is 10.5 Å². The molecule has 114 valence electrons. The molecule has 0 saturated carbocycles. The van der Waals surface area contributed by atoms with Crippen molar-refractivity contribution in [1.82, 2.24) is 0 Å². The molecule has 3 N–H and O–H groups in total. The molecule has 1 atom stereocenters. The number of carbonyl (C=O) groups is 1. The molecule has 0 heterocycles. The number of ether oxygens (including phenoxy) is 1. The summed E-state index contributed by atoms with van der Waals surface area (Å²) in [6.45, 7) is 3.69. The molecule has 0 aliphatic heterocycles. The number of aliphatic hydroxyl groups is 1. The van der Waals surface area contributed by atoms with Crippen LogP contribution in [0.1, 0.15) is 71.1 Å². The first kappa shape index (κ1) is 18.4. The molecule has 0 aliphatic rings. The van der Waals surface area contributed by atoms with Gasteiger partial charge in [0.05, 0.1) is 12.5 Å². The van der Waals surface area contributed by atoms with E-state index in [9.17, 15) is 9.90 Å². The lowest BCUT2D eigenvalue weighted by atomic mass is 10.1. The van der Waals surface area contributed by atoms with Gasteiger partial charge in [-0.15, -0.1) is 0 Å². The second kappa shape index (κ2) is 13.8. The molecule has 0 spiro atoms. The van der Waals surface area contributed by atoms with Gasteiger partial charge in [0.25, 0.3) is 0 Å². The Balaban J connectivity index is 3.08. The van der Waals surface area contributed by atoms with Crippen LogP contribution in [0.2, 0.25) is 0 Å². The molecule has 0 aliphatic carbocycles. The van der Waals surface area contributed by atoms with Crippen molar-refractivity contribution >= 4 is 5.91 Å². The third-order valence-corrected chi connectivity index (χ3v) is 3.16. The molecule has 0 aromatic heterocycles. The van der Waals surface area contributed by atoms with Crippen LogP contribution in [0.3, 0.4) is 0 Å². The van der Waals surface area contributed by atoms with Crippen LogP contribution in [0.4, 0.5) is 0 Å². The summed E-state index contributed by atoms with van der Waals surface area (Å²) in [5.41, 5.74) is 4.99. The van der Waals surface area contributed by atoms with Gasteiger partial charge in [0.2, 0.25) is 5.91 Å². The van der Waals surface area contributed by atoms with Gasteiger partial charge in [0, 0.05) is 13.2 Å². The number of aliphatic hydroxyl groups excluding tert-OH is 1. The highest BCUT2D eigenvalue weighted by Crippen LogP contribution is 2.07. The highest BCUT2D eigenvalue weighted by molar-refractivity contribution is 5.74. The average molecular weight is 273 g/mol. The summed E-state index contributed by atoms with van der Waals surface area (Å²) in [7, 11) is 0. The van der Waals surface area contributed by atoms with Crippen molar-refractivity contribution in [3.05, 3.63) is 0 Å². The molecule has 0 saturated heterocycles. The zero-order chi connectivity index (χ0) is 14.3. The van der Waals surface area contributed by atoms with Gasteiger partial charge < -0.3 is 15.6 Å². The van der Waals surface area contributed by atoms with Crippen LogP contribution >= 0.6 is 0 Å². The molecule has 4 nitrogen and oxygen atoms in total. The average Bonchev–Trinajstić information content (AvgIpc) is 2.35. The van der Waals surface area contributed by atoms with Crippen molar-refractivity contribution in [2.24, 2.45) is 5.73 Å². The van der Waals surface area contributed by atoms with Crippen LogP contribution in [-0.4, -0.2) is 30.3 Å². The Labute approximate surface area is 117 Å². The van der Waals surface area contributed by atoms with Crippen LogP contribution < -0.4 is 5.73 Å². The van der Waals surface area contributed by atoms with Gasteiger partial charge in [-0.1, -0.05) is 45.4 Å². The minimum Gasteiger partial charge on any atom is -0.393 e. The monoisotopic (exact) mass is 273 g/mol. The van der Waals surface area contributed by atoms with E-state index >= 15 is 0 Å². The van der Waals surface area contributed by atoms with Gasteiger partial charge in [-0.05, 0) is 19.3 Å². The lowest BCUT2D eigenvalue weighted by Crippen LogP contribution is -2.20. The van der Waals surface area contributed by atoms with Crippen molar-refractivity contribution in [1.29, 1.82) is 0 Å². The van der Waals surface area contributed by atoms with E-state index in [2.05, 4.69) is 6.92 Å². The topological polar surface area (TPSA) is 72.6 Å².